The number of phenols is 1. The Hall–Kier alpha value is -1.64. The number of phenolic OH excluding ortho intramolecular Hbond substituents is 1. The molecule has 0 aliphatic rings. The first-order valence-electron chi connectivity index (χ1n) is 3.16. The summed E-state index contributed by atoms with van der Waals surface area (Å²) in [5.74, 6) is 0.171. The fourth-order valence-electron chi connectivity index (χ4n) is 1.00. The lowest BCUT2D eigenvalue weighted by Gasteiger charge is -1.89. The zero-order valence-corrected chi connectivity index (χ0v) is 5.61. The van der Waals surface area contributed by atoms with E-state index in [4.69, 9.17) is 14.6 Å². The first-order valence-corrected chi connectivity index (χ1v) is 3.16. The maximum atomic E-state index is 9.13. The Morgan fingerprint density at radius 1 is 1.18 bits per heavy atom. The summed E-state index contributed by atoms with van der Waals surface area (Å²) in [6, 6.07) is 4.56. The highest BCUT2D eigenvalue weighted by atomic mass is 16.4. The average Bonchev–Trinajstić information content (AvgIpc) is 2.33. The SMILES string of the molecule is Oc1ccc2occ(O)c2c1. The largest absolute Gasteiger partial charge is 0.508 e. The van der Waals surface area contributed by atoms with Gasteiger partial charge in [-0.2, -0.15) is 0 Å². The molecule has 0 saturated heterocycles. The standard InChI is InChI=1S/C8H6O3/c9-5-1-2-8-6(3-5)7(10)4-11-8/h1-4,9-10H. The van der Waals surface area contributed by atoms with E-state index < -0.39 is 0 Å². The molecule has 0 atom stereocenters. The molecule has 2 rings (SSSR count). The van der Waals surface area contributed by atoms with Crippen molar-refractivity contribution >= 4 is 11.0 Å². The van der Waals surface area contributed by atoms with Crippen molar-refractivity contribution in [2.75, 3.05) is 0 Å². The highest BCUT2D eigenvalue weighted by Crippen LogP contribution is 2.29. The van der Waals surface area contributed by atoms with Crippen LogP contribution in [0.2, 0.25) is 0 Å². The summed E-state index contributed by atoms with van der Waals surface area (Å²) in [7, 11) is 0. The van der Waals surface area contributed by atoms with Crippen LogP contribution in [0.4, 0.5) is 0 Å². The van der Waals surface area contributed by atoms with Crippen LogP contribution in [-0.4, -0.2) is 10.2 Å². The number of benzene rings is 1. The summed E-state index contributed by atoms with van der Waals surface area (Å²) in [6.45, 7) is 0. The third-order valence-corrected chi connectivity index (χ3v) is 1.54. The minimum atomic E-state index is 0.0518. The highest BCUT2D eigenvalue weighted by molar-refractivity contribution is 5.84. The normalized spacial score (nSPS) is 10.5. The summed E-state index contributed by atoms with van der Waals surface area (Å²) in [5, 5.41) is 18.7. The molecule has 3 nitrogen and oxygen atoms in total. The van der Waals surface area contributed by atoms with Gasteiger partial charge < -0.3 is 14.6 Å². The molecule has 11 heavy (non-hydrogen) atoms. The van der Waals surface area contributed by atoms with Crippen molar-refractivity contribution in [3.63, 3.8) is 0 Å². The predicted octanol–water partition coefficient (Wildman–Crippen LogP) is 1.84. The zero-order chi connectivity index (χ0) is 7.84. The quantitative estimate of drug-likeness (QED) is 0.602. The van der Waals surface area contributed by atoms with Crippen molar-refractivity contribution in [1.29, 1.82) is 0 Å². The molecule has 0 aliphatic carbocycles. The molecule has 0 bridgehead atoms. The minimum absolute atomic E-state index is 0.0518. The summed E-state index contributed by atoms with van der Waals surface area (Å²) in [4.78, 5) is 0. The van der Waals surface area contributed by atoms with Crippen molar-refractivity contribution in [2.24, 2.45) is 0 Å². The van der Waals surface area contributed by atoms with Crippen LogP contribution in [-0.2, 0) is 0 Å². The molecule has 0 amide bonds. The number of furan rings is 1. The number of aromatic hydroxyl groups is 2. The first-order chi connectivity index (χ1) is 5.27. The zero-order valence-electron chi connectivity index (χ0n) is 5.61. The molecule has 1 heterocycles. The van der Waals surface area contributed by atoms with Gasteiger partial charge in [-0.3, -0.25) is 0 Å². The van der Waals surface area contributed by atoms with Crippen LogP contribution in [0.3, 0.4) is 0 Å². The van der Waals surface area contributed by atoms with E-state index in [9.17, 15) is 0 Å². The van der Waals surface area contributed by atoms with Gasteiger partial charge in [0.1, 0.15) is 17.6 Å². The smallest absolute Gasteiger partial charge is 0.161 e. The van der Waals surface area contributed by atoms with E-state index in [0.717, 1.165) is 0 Å². The van der Waals surface area contributed by atoms with Gasteiger partial charge in [-0.1, -0.05) is 0 Å². The van der Waals surface area contributed by atoms with Crippen LogP contribution in [0, 0.1) is 0 Å². The van der Waals surface area contributed by atoms with Crippen molar-refractivity contribution < 1.29 is 14.6 Å². The molecule has 56 valence electrons. The van der Waals surface area contributed by atoms with E-state index in [-0.39, 0.29) is 11.5 Å². The van der Waals surface area contributed by atoms with Gasteiger partial charge in [0.05, 0.1) is 5.39 Å². The second-order valence-electron chi connectivity index (χ2n) is 2.30. The number of fused-ring (bicyclic) bond motifs is 1. The second-order valence-corrected chi connectivity index (χ2v) is 2.30. The number of hydrogen-bond donors (Lipinski definition) is 2. The van der Waals surface area contributed by atoms with Crippen LogP contribution >= 0.6 is 0 Å². The fourth-order valence-corrected chi connectivity index (χ4v) is 1.00. The lowest BCUT2D eigenvalue weighted by atomic mass is 10.2. The van der Waals surface area contributed by atoms with Gasteiger partial charge in [0.25, 0.3) is 0 Å². The molecule has 2 N–H and O–H groups in total. The molecular formula is C8H6O3. The number of rotatable bonds is 0. The Bertz CT molecular complexity index is 389. The van der Waals surface area contributed by atoms with E-state index in [0.29, 0.717) is 11.0 Å². The summed E-state index contributed by atoms with van der Waals surface area (Å²) >= 11 is 0. The van der Waals surface area contributed by atoms with E-state index in [1.54, 1.807) is 6.07 Å². The Morgan fingerprint density at radius 2 is 2.00 bits per heavy atom. The monoisotopic (exact) mass is 150 g/mol. The first kappa shape index (κ1) is 6.09. The maximum Gasteiger partial charge on any atom is 0.161 e. The highest BCUT2D eigenvalue weighted by Gasteiger charge is 2.03. The van der Waals surface area contributed by atoms with Crippen LogP contribution in [0.5, 0.6) is 11.5 Å². The maximum absolute atomic E-state index is 9.13. The molecule has 0 unspecified atom stereocenters. The Labute approximate surface area is 62.5 Å². The molecule has 0 spiro atoms. The van der Waals surface area contributed by atoms with Crippen molar-refractivity contribution in [3.8, 4) is 11.5 Å². The molecule has 1 aromatic heterocycles. The predicted molar refractivity (Wildman–Crippen MR) is 39.5 cm³/mol. The Balaban J connectivity index is 2.87. The van der Waals surface area contributed by atoms with Crippen LogP contribution in [0.1, 0.15) is 0 Å². The van der Waals surface area contributed by atoms with E-state index in [1.165, 1.54) is 18.4 Å². The molecule has 0 fully saturated rings. The summed E-state index contributed by atoms with van der Waals surface area (Å²) in [5.41, 5.74) is 0.570. The van der Waals surface area contributed by atoms with E-state index in [2.05, 4.69) is 0 Å². The molecule has 0 saturated carbocycles. The lowest BCUT2D eigenvalue weighted by molar-refractivity contribution is 0.463. The van der Waals surface area contributed by atoms with Crippen LogP contribution in [0.25, 0.3) is 11.0 Å². The van der Waals surface area contributed by atoms with Gasteiger partial charge >= 0.3 is 0 Å². The molecule has 3 heteroatoms. The average molecular weight is 150 g/mol. The lowest BCUT2D eigenvalue weighted by Crippen LogP contribution is -1.64. The molecule has 1 aromatic carbocycles. The summed E-state index contributed by atoms with van der Waals surface area (Å²) < 4.78 is 4.94. The summed E-state index contributed by atoms with van der Waals surface area (Å²) in [6.07, 6.45) is 1.24. The third kappa shape index (κ3) is 0.816. The minimum Gasteiger partial charge on any atom is -0.508 e. The van der Waals surface area contributed by atoms with Gasteiger partial charge in [-0.15, -0.1) is 0 Å². The molecule has 2 aromatic rings. The van der Waals surface area contributed by atoms with Crippen molar-refractivity contribution in [3.05, 3.63) is 24.5 Å². The molecule has 0 aliphatic heterocycles. The van der Waals surface area contributed by atoms with Gasteiger partial charge in [0, 0.05) is 0 Å². The van der Waals surface area contributed by atoms with Crippen molar-refractivity contribution in [2.45, 2.75) is 0 Å². The Morgan fingerprint density at radius 3 is 2.82 bits per heavy atom. The molecule has 0 radical (unpaired) electrons. The fraction of sp³-hybridized carbons (Fsp3) is 0. The van der Waals surface area contributed by atoms with Crippen molar-refractivity contribution in [1.82, 2.24) is 0 Å². The van der Waals surface area contributed by atoms with Crippen LogP contribution in [0.15, 0.2) is 28.9 Å². The molecular weight excluding hydrogens is 144 g/mol. The van der Waals surface area contributed by atoms with E-state index >= 15 is 0 Å². The number of hydrogen-bond acceptors (Lipinski definition) is 3. The van der Waals surface area contributed by atoms with Gasteiger partial charge in [-0.05, 0) is 18.2 Å². The van der Waals surface area contributed by atoms with Crippen LogP contribution < -0.4 is 0 Å². The second kappa shape index (κ2) is 1.92. The topological polar surface area (TPSA) is 53.6 Å². The Kier molecular flexibility index (Phi) is 1.06. The van der Waals surface area contributed by atoms with E-state index in [1.807, 2.05) is 0 Å². The van der Waals surface area contributed by atoms with Gasteiger partial charge in [0.15, 0.2) is 5.75 Å². The van der Waals surface area contributed by atoms with Gasteiger partial charge in [0.2, 0.25) is 0 Å². The third-order valence-electron chi connectivity index (χ3n) is 1.54. The van der Waals surface area contributed by atoms with Gasteiger partial charge in [-0.25, -0.2) is 0 Å².